The Bertz CT molecular complexity index is 1040. The fourth-order valence-corrected chi connectivity index (χ4v) is 4.74. The smallest absolute Gasteiger partial charge is 0.268 e. The number of carbonyl (C=O) groups is 2. The van der Waals surface area contributed by atoms with Crippen LogP contribution in [0.1, 0.15) is 20.9 Å². The Hall–Kier alpha value is -2.72. The topological polar surface area (TPSA) is 126 Å². The number of nitrogens with one attached hydrogen (secondary N) is 2. The van der Waals surface area contributed by atoms with Crippen LogP contribution >= 0.6 is 11.3 Å². The van der Waals surface area contributed by atoms with E-state index in [4.69, 9.17) is 0 Å². The van der Waals surface area contributed by atoms with E-state index in [1.165, 1.54) is 4.90 Å². The van der Waals surface area contributed by atoms with Gasteiger partial charge in [0, 0.05) is 23.4 Å². The highest BCUT2D eigenvalue weighted by Crippen LogP contribution is 2.25. The second-order valence-electron chi connectivity index (χ2n) is 7.92. The number of carbonyl (C=O) groups excluding carboxylic acids is 2. The normalized spacial score (nSPS) is 20.7. The molecule has 1 fully saturated rings. The molecule has 8 nitrogen and oxygen atoms in total. The highest BCUT2D eigenvalue weighted by molar-refractivity contribution is 7.18. The van der Waals surface area contributed by atoms with Crippen molar-refractivity contribution in [1.82, 2.24) is 15.2 Å². The highest BCUT2D eigenvalue weighted by atomic mass is 32.1. The summed E-state index contributed by atoms with van der Waals surface area (Å²) >= 11 is 1.55. The van der Waals surface area contributed by atoms with Crippen molar-refractivity contribution < 1.29 is 24.9 Å². The van der Waals surface area contributed by atoms with E-state index < -0.39 is 36.2 Å². The molecule has 0 aliphatic carbocycles. The first-order valence-corrected chi connectivity index (χ1v) is 10.9. The number of benzene rings is 1. The van der Waals surface area contributed by atoms with Gasteiger partial charge in [-0.3, -0.25) is 9.59 Å². The van der Waals surface area contributed by atoms with Gasteiger partial charge in [0.05, 0.1) is 18.2 Å². The fourth-order valence-electron chi connectivity index (χ4n) is 3.84. The summed E-state index contributed by atoms with van der Waals surface area (Å²) in [5.74, 6) is -1.06. The quantitative estimate of drug-likeness (QED) is 0.385. The van der Waals surface area contributed by atoms with Crippen LogP contribution < -0.4 is 5.32 Å². The first kappa shape index (κ1) is 21.5. The molecule has 4 rings (SSSR count). The Morgan fingerprint density at radius 1 is 1.19 bits per heavy atom. The van der Waals surface area contributed by atoms with Crippen LogP contribution in [0.25, 0.3) is 10.2 Å². The third-order valence-electron chi connectivity index (χ3n) is 5.50. The van der Waals surface area contributed by atoms with Crippen molar-refractivity contribution in [3.63, 3.8) is 0 Å². The number of fused-ring (bicyclic) bond motifs is 1. The Morgan fingerprint density at radius 2 is 1.87 bits per heavy atom. The van der Waals surface area contributed by atoms with Gasteiger partial charge in [0.25, 0.3) is 11.8 Å². The van der Waals surface area contributed by atoms with Crippen molar-refractivity contribution in [2.75, 3.05) is 13.1 Å². The number of amides is 2. The van der Waals surface area contributed by atoms with Gasteiger partial charge in [0.15, 0.2) is 6.10 Å². The minimum absolute atomic E-state index is 0.0602. The van der Waals surface area contributed by atoms with Crippen LogP contribution in [-0.4, -0.2) is 74.5 Å². The molecule has 3 heterocycles. The van der Waals surface area contributed by atoms with Crippen molar-refractivity contribution >= 4 is 33.4 Å². The number of aryl methyl sites for hydroxylation is 1. The number of H-pyrrole nitrogens is 1. The Balaban J connectivity index is 1.53. The van der Waals surface area contributed by atoms with Gasteiger partial charge in [0.2, 0.25) is 0 Å². The largest absolute Gasteiger partial charge is 0.388 e. The molecular formula is C22H25N3O5S. The maximum absolute atomic E-state index is 12.9. The minimum Gasteiger partial charge on any atom is -0.388 e. The zero-order chi connectivity index (χ0) is 22.1. The molecule has 2 amide bonds. The lowest BCUT2D eigenvalue weighted by Crippen LogP contribution is -2.52. The molecule has 2 aromatic heterocycles. The SMILES string of the molecule is Cc1cc2cc(C(=O)N[C@@H](Cc3ccccc3)[C@@H](O)C(=O)N3C[C@@H](O)[C@@H](O)C3)[nH]c2s1. The molecule has 5 N–H and O–H groups in total. The van der Waals surface area contributed by atoms with E-state index in [0.717, 1.165) is 20.7 Å². The van der Waals surface area contributed by atoms with E-state index >= 15 is 0 Å². The molecule has 0 spiro atoms. The molecule has 0 unspecified atom stereocenters. The van der Waals surface area contributed by atoms with Crippen LogP contribution in [0.3, 0.4) is 0 Å². The monoisotopic (exact) mass is 443 g/mol. The summed E-state index contributed by atoms with van der Waals surface area (Å²) in [4.78, 5) is 32.0. The van der Waals surface area contributed by atoms with Gasteiger partial charge in [-0.2, -0.15) is 0 Å². The lowest BCUT2D eigenvalue weighted by molar-refractivity contribution is -0.141. The van der Waals surface area contributed by atoms with Gasteiger partial charge in [-0.15, -0.1) is 11.3 Å². The van der Waals surface area contributed by atoms with Crippen LogP contribution in [0.2, 0.25) is 0 Å². The maximum Gasteiger partial charge on any atom is 0.268 e. The number of aromatic amines is 1. The molecule has 1 aromatic carbocycles. The number of hydrogen-bond donors (Lipinski definition) is 5. The summed E-state index contributed by atoms with van der Waals surface area (Å²) in [6.07, 6.45) is -3.38. The van der Waals surface area contributed by atoms with E-state index in [9.17, 15) is 24.9 Å². The number of aliphatic hydroxyl groups is 3. The maximum atomic E-state index is 12.9. The van der Waals surface area contributed by atoms with Gasteiger partial charge in [-0.25, -0.2) is 0 Å². The van der Waals surface area contributed by atoms with E-state index in [0.29, 0.717) is 5.69 Å². The Labute approximate surface area is 183 Å². The highest BCUT2D eigenvalue weighted by Gasteiger charge is 2.38. The third kappa shape index (κ3) is 4.64. The molecule has 1 aliphatic rings. The van der Waals surface area contributed by atoms with E-state index in [2.05, 4.69) is 10.3 Å². The minimum atomic E-state index is -1.53. The predicted octanol–water partition coefficient (Wildman–Crippen LogP) is 0.804. The van der Waals surface area contributed by atoms with Gasteiger partial charge in [-0.05, 0) is 31.0 Å². The van der Waals surface area contributed by atoms with E-state index in [-0.39, 0.29) is 19.5 Å². The molecule has 4 atom stereocenters. The first-order chi connectivity index (χ1) is 14.8. The molecule has 9 heteroatoms. The van der Waals surface area contributed by atoms with E-state index in [1.54, 1.807) is 17.4 Å². The van der Waals surface area contributed by atoms with Crippen LogP contribution in [0.15, 0.2) is 42.5 Å². The second kappa shape index (κ2) is 8.80. The van der Waals surface area contributed by atoms with Crippen molar-refractivity contribution in [3.8, 4) is 0 Å². The van der Waals surface area contributed by atoms with Gasteiger partial charge >= 0.3 is 0 Å². The standard InChI is InChI=1S/C22H25N3O5S/c1-12-7-14-9-16(24-21(14)31-12)20(29)23-15(8-13-5-3-2-4-6-13)19(28)22(30)25-10-17(26)18(27)11-25/h2-7,9,15,17-19,24,26-28H,8,10-11H2,1H3,(H,23,29)/t15-,17-,18+,19+/m0/s1. The van der Waals surface area contributed by atoms with Crippen molar-refractivity contribution in [2.24, 2.45) is 0 Å². The molecule has 0 radical (unpaired) electrons. The van der Waals surface area contributed by atoms with Crippen LogP contribution in [0.5, 0.6) is 0 Å². The zero-order valence-electron chi connectivity index (χ0n) is 17.0. The summed E-state index contributed by atoms with van der Waals surface area (Å²) in [6, 6.07) is 12.1. The first-order valence-electron chi connectivity index (χ1n) is 10.1. The molecule has 0 saturated carbocycles. The van der Waals surface area contributed by atoms with E-state index in [1.807, 2.05) is 43.3 Å². The lowest BCUT2D eigenvalue weighted by atomic mass is 10.00. The number of likely N-dealkylation sites (tertiary alicyclic amines) is 1. The molecule has 0 bridgehead atoms. The van der Waals surface area contributed by atoms with Crippen LogP contribution in [-0.2, 0) is 11.2 Å². The van der Waals surface area contributed by atoms with Crippen molar-refractivity contribution in [1.29, 1.82) is 0 Å². The van der Waals surface area contributed by atoms with Crippen LogP contribution in [0.4, 0.5) is 0 Å². The number of aliphatic hydroxyl groups excluding tert-OH is 3. The molecule has 1 saturated heterocycles. The van der Waals surface area contributed by atoms with Gasteiger partial charge in [-0.1, -0.05) is 30.3 Å². The zero-order valence-corrected chi connectivity index (χ0v) is 17.8. The van der Waals surface area contributed by atoms with Gasteiger partial charge < -0.3 is 30.5 Å². The summed E-state index contributed by atoms with van der Waals surface area (Å²) in [6.45, 7) is 1.87. The number of hydrogen-bond acceptors (Lipinski definition) is 6. The average Bonchev–Trinajstić information content (AvgIpc) is 3.40. The van der Waals surface area contributed by atoms with Crippen LogP contribution in [0, 0.1) is 6.92 Å². The van der Waals surface area contributed by atoms with Gasteiger partial charge in [0.1, 0.15) is 10.5 Å². The Kier molecular flexibility index (Phi) is 6.10. The Morgan fingerprint density at radius 3 is 2.52 bits per heavy atom. The molecule has 164 valence electrons. The fraction of sp³-hybridized carbons (Fsp3) is 0.364. The predicted molar refractivity (Wildman–Crippen MR) is 117 cm³/mol. The third-order valence-corrected chi connectivity index (χ3v) is 6.48. The molecule has 3 aromatic rings. The number of rotatable bonds is 6. The summed E-state index contributed by atoms with van der Waals surface area (Å²) in [5.41, 5.74) is 1.20. The van der Waals surface area contributed by atoms with Crippen molar-refractivity contribution in [2.45, 2.75) is 37.7 Å². The molecular weight excluding hydrogens is 418 g/mol. The molecule has 1 aliphatic heterocycles. The summed E-state index contributed by atoms with van der Waals surface area (Å²) in [5, 5.41) is 34.0. The molecule has 31 heavy (non-hydrogen) atoms. The number of aromatic nitrogens is 1. The number of thiophene rings is 1. The second-order valence-corrected chi connectivity index (χ2v) is 9.17. The number of β-amino-alcohol motifs (C(OH)–C–C–N with tert-alkyl or cyclic N) is 2. The number of nitrogens with zero attached hydrogens (tertiary/aromatic N) is 1. The summed E-state index contributed by atoms with van der Waals surface area (Å²) < 4.78 is 0. The van der Waals surface area contributed by atoms with Crippen molar-refractivity contribution in [3.05, 3.63) is 58.6 Å². The average molecular weight is 444 g/mol. The lowest BCUT2D eigenvalue weighted by Gasteiger charge is -2.27. The summed E-state index contributed by atoms with van der Waals surface area (Å²) in [7, 11) is 0.